The van der Waals surface area contributed by atoms with E-state index in [1.165, 1.54) is 17.0 Å². The van der Waals surface area contributed by atoms with Crippen molar-refractivity contribution >= 4 is 5.91 Å². The van der Waals surface area contributed by atoms with Crippen LogP contribution in [0.2, 0.25) is 0 Å². The molecule has 0 saturated heterocycles. The van der Waals surface area contributed by atoms with Crippen molar-refractivity contribution in [1.82, 2.24) is 19.8 Å². The largest absolute Gasteiger partial charge is 0.355 e. The maximum atomic E-state index is 12.9. The van der Waals surface area contributed by atoms with Crippen molar-refractivity contribution in [1.29, 1.82) is 0 Å². The second-order valence-electron chi connectivity index (χ2n) is 5.19. The van der Waals surface area contributed by atoms with Gasteiger partial charge in [-0.2, -0.15) is 5.10 Å². The van der Waals surface area contributed by atoms with Crippen molar-refractivity contribution in [3.05, 3.63) is 59.8 Å². The van der Waals surface area contributed by atoms with Crippen LogP contribution in [0.25, 0.3) is 11.3 Å². The number of benzene rings is 1. The molecule has 118 valence electrons. The Kier molecular flexibility index (Phi) is 3.92. The molecule has 0 atom stereocenters. The molecule has 7 heteroatoms. The van der Waals surface area contributed by atoms with Gasteiger partial charge >= 0.3 is 0 Å². The van der Waals surface area contributed by atoms with E-state index in [1.54, 1.807) is 36.1 Å². The molecule has 23 heavy (non-hydrogen) atoms. The van der Waals surface area contributed by atoms with E-state index in [-0.39, 0.29) is 17.4 Å². The molecule has 3 aromatic rings. The van der Waals surface area contributed by atoms with E-state index < -0.39 is 0 Å². The Labute approximate surface area is 132 Å². The third-order valence-corrected chi connectivity index (χ3v) is 3.53. The van der Waals surface area contributed by atoms with Crippen LogP contribution in [0.1, 0.15) is 16.2 Å². The van der Waals surface area contributed by atoms with Gasteiger partial charge in [0, 0.05) is 31.9 Å². The van der Waals surface area contributed by atoms with E-state index in [0.29, 0.717) is 17.9 Å². The molecule has 2 heterocycles. The lowest BCUT2D eigenvalue weighted by Gasteiger charge is -2.15. The van der Waals surface area contributed by atoms with Crippen LogP contribution in [-0.4, -0.2) is 32.8 Å². The van der Waals surface area contributed by atoms with Gasteiger partial charge < -0.3 is 9.42 Å². The lowest BCUT2D eigenvalue weighted by atomic mass is 10.1. The lowest BCUT2D eigenvalue weighted by Crippen LogP contribution is -2.27. The molecule has 0 fully saturated rings. The predicted octanol–water partition coefficient (Wildman–Crippen LogP) is 2.49. The molecule has 0 unspecified atom stereocenters. The topological polar surface area (TPSA) is 64.2 Å². The zero-order valence-corrected chi connectivity index (χ0v) is 12.7. The average molecular weight is 314 g/mol. The molecule has 6 nitrogen and oxygen atoms in total. The summed E-state index contributed by atoms with van der Waals surface area (Å²) in [7, 11) is 3.50. The smallest absolute Gasteiger partial charge is 0.276 e. The predicted molar refractivity (Wildman–Crippen MR) is 80.9 cm³/mol. The zero-order valence-electron chi connectivity index (χ0n) is 12.7. The number of aromatic nitrogens is 3. The summed E-state index contributed by atoms with van der Waals surface area (Å²) in [6.07, 6.45) is 1.68. The molecule has 0 aliphatic heterocycles. The molecule has 0 saturated carbocycles. The zero-order chi connectivity index (χ0) is 16.4. The summed E-state index contributed by atoms with van der Waals surface area (Å²) in [5, 5.41) is 7.87. The Hall–Kier alpha value is -2.96. The Morgan fingerprint density at radius 1 is 1.30 bits per heavy atom. The van der Waals surface area contributed by atoms with E-state index in [2.05, 4.69) is 10.3 Å². The van der Waals surface area contributed by atoms with Crippen LogP contribution in [0.15, 0.2) is 47.1 Å². The van der Waals surface area contributed by atoms with Crippen molar-refractivity contribution in [2.24, 2.45) is 7.05 Å². The van der Waals surface area contributed by atoms with Gasteiger partial charge in [0.05, 0.1) is 12.2 Å². The summed E-state index contributed by atoms with van der Waals surface area (Å²) in [5.74, 6) is -0.175. The highest BCUT2D eigenvalue weighted by Crippen LogP contribution is 2.21. The highest BCUT2D eigenvalue weighted by Gasteiger charge is 2.18. The summed E-state index contributed by atoms with van der Waals surface area (Å²) >= 11 is 0. The van der Waals surface area contributed by atoms with E-state index in [9.17, 15) is 9.18 Å². The number of hydrogen-bond acceptors (Lipinski definition) is 4. The molecule has 3 rings (SSSR count). The normalized spacial score (nSPS) is 10.7. The molecule has 0 radical (unpaired) electrons. The maximum Gasteiger partial charge on any atom is 0.276 e. The standard InChI is InChI=1S/C16H15FN4O2/c1-20(10-13-7-8-18-21(13)2)16(22)14-9-15(23-19-14)11-3-5-12(17)6-4-11/h3-9H,10H2,1-2H3. The highest BCUT2D eigenvalue weighted by atomic mass is 19.1. The van der Waals surface area contributed by atoms with E-state index in [4.69, 9.17) is 4.52 Å². The van der Waals surface area contributed by atoms with Gasteiger partial charge in [0.25, 0.3) is 5.91 Å². The Bertz CT molecular complexity index is 823. The number of halogens is 1. The van der Waals surface area contributed by atoms with Gasteiger partial charge in [-0.25, -0.2) is 4.39 Å². The number of carbonyl (C=O) groups excluding carboxylic acids is 1. The minimum atomic E-state index is -0.333. The maximum absolute atomic E-state index is 12.9. The van der Waals surface area contributed by atoms with Crippen LogP contribution >= 0.6 is 0 Å². The molecular formula is C16H15FN4O2. The van der Waals surface area contributed by atoms with E-state index in [1.807, 2.05) is 13.1 Å². The van der Waals surface area contributed by atoms with E-state index in [0.717, 1.165) is 5.69 Å². The van der Waals surface area contributed by atoms with Gasteiger partial charge in [-0.05, 0) is 30.3 Å². The van der Waals surface area contributed by atoms with Gasteiger partial charge in [0.15, 0.2) is 11.5 Å². The SMILES string of the molecule is CN(Cc1ccnn1C)C(=O)c1cc(-c2ccc(F)cc2)on1. The number of nitrogens with zero attached hydrogens (tertiary/aromatic N) is 4. The molecule has 0 bridgehead atoms. The number of aryl methyl sites for hydroxylation is 1. The fraction of sp³-hybridized carbons (Fsp3) is 0.188. The third kappa shape index (κ3) is 3.13. The molecule has 0 aliphatic rings. The first-order chi connectivity index (χ1) is 11.0. The lowest BCUT2D eigenvalue weighted by molar-refractivity contribution is 0.0771. The summed E-state index contributed by atoms with van der Waals surface area (Å²) in [6.45, 7) is 0.411. The average Bonchev–Trinajstić information content (AvgIpc) is 3.17. The molecule has 2 aromatic heterocycles. The number of hydrogen-bond donors (Lipinski definition) is 0. The van der Waals surface area contributed by atoms with Gasteiger partial charge in [-0.1, -0.05) is 5.16 Å². The Morgan fingerprint density at radius 2 is 2.04 bits per heavy atom. The molecule has 0 spiro atoms. The molecule has 1 aromatic carbocycles. The molecule has 0 N–H and O–H groups in total. The van der Waals surface area contributed by atoms with Gasteiger partial charge in [0.1, 0.15) is 5.82 Å². The van der Waals surface area contributed by atoms with Crippen LogP contribution in [0.4, 0.5) is 4.39 Å². The van der Waals surface area contributed by atoms with Crippen molar-refractivity contribution in [3.63, 3.8) is 0 Å². The van der Waals surface area contributed by atoms with Crippen LogP contribution in [0.3, 0.4) is 0 Å². The number of rotatable bonds is 4. The minimum Gasteiger partial charge on any atom is -0.355 e. The highest BCUT2D eigenvalue weighted by molar-refractivity contribution is 5.92. The Balaban J connectivity index is 1.75. The summed E-state index contributed by atoms with van der Waals surface area (Å²) in [4.78, 5) is 13.9. The quantitative estimate of drug-likeness (QED) is 0.742. The summed E-state index contributed by atoms with van der Waals surface area (Å²) in [6, 6.07) is 9.19. The number of carbonyl (C=O) groups is 1. The van der Waals surface area contributed by atoms with Crippen LogP contribution < -0.4 is 0 Å². The van der Waals surface area contributed by atoms with Crippen LogP contribution in [0.5, 0.6) is 0 Å². The first-order valence-electron chi connectivity index (χ1n) is 6.99. The molecular weight excluding hydrogens is 299 g/mol. The summed E-state index contributed by atoms with van der Waals surface area (Å²) < 4.78 is 19.8. The first-order valence-corrected chi connectivity index (χ1v) is 6.99. The second-order valence-corrected chi connectivity index (χ2v) is 5.19. The van der Waals surface area contributed by atoms with Crippen molar-refractivity contribution in [2.45, 2.75) is 6.54 Å². The summed E-state index contributed by atoms with van der Waals surface area (Å²) in [5.41, 5.74) is 1.77. The van der Waals surface area contributed by atoms with Crippen LogP contribution in [0, 0.1) is 5.82 Å². The monoisotopic (exact) mass is 314 g/mol. The van der Waals surface area contributed by atoms with Crippen molar-refractivity contribution in [3.8, 4) is 11.3 Å². The fourth-order valence-corrected chi connectivity index (χ4v) is 2.19. The van der Waals surface area contributed by atoms with Crippen LogP contribution in [-0.2, 0) is 13.6 Å². The Morgan fingerprint density at radius 3 is 2.70 bits per heavy atom. The van der Waals surface area contributed by atoms with E-state index >= 15 is 0 Å². The van der Waals surface area contributed by atoms with Gasteiger partial charge in [-0.15, -0.1) is 0 Å². The third-order valence-electron chi connectivity index (χ3n) is 3.53. The molecule has 1 amide bonds. The van der Waals surface area contributed by atoms with Crippen molar-refractivity contribution in [2.75, 3.05) is 7.05 Å². The van der Waals surface area contributed by atoms with Crippen molar-refractivity contribution < 1.29 is 13.7 Å². The fourth-order valence-electron chi connectivity index (χ4n) is 2.19. The molecule has 0 aliphatic carbocycles. The number of amides is 1. The second kappa shape index (κ2) is 6.04. The van der Waals surface area contributed by atoms with Gasteiger partial charge in [-0.3, -0.25) is 9.48 Å². The minimum absolute atomic E-state index is 0.203. The van der Waals surface area contributed by atoms with Gasteiger partial charge in [0.2, 0.25) is 0 Å². The first kappa shape index (κ1) is 15.0.